The monoisotopic (exact) mass is 232 g/mol. The molecule has 1 heterocycles. The maximum Gasteiger partial charge on any atom is 0.251 e. The second kappa shape index (κ2) is 4.04. The fraction of sp³-hybridized carbons (Fsp3) is 0.462. The van der Waals surface area contributed by atoms with E-state index < -0.39 is 0 Å². The SMILES string of the molecule is O=C(NC1CC(O)C1)c1ccc2c(c1)NCC2. The number of amides is 1. The molecule has 1 saturated carbocycles. The van der Waals surface area contributed by atoms with Crippen LogP contribution in [0.5, 0.6) is 0 Å². The summed E-state index contributed by atoms with van der Waals surface area (Å²) >= 11 is 0. The number of carbonyl (C=O) groups is 1. The van der Waals surface area contributed by atoms with E-state index >= 15 is 0 Å². The molecule has 1 aromatic carbocycles. The molecule has 0 saturated heterocycles. The van der Waals surface area contributed by atoms with Crippen molar-refractivity contribution in [1.82, 2.24) is 5.32 Å². The maximum absolute atomic E-state index is 11.9. The van der Waals surface area contributed by atoms with Gasteiger partial charge in [-0.25, -0.2) is 0 Å². The molecule has 90 valence electrons. The lowest BCUT2D eigenvalue weighted by molar-refractivity contribution is 0.0563. The number of fused-ring (bicyclic) bond motifs is 1. The lowest BCUT2D eigenvalue weighted by Crippen LogP contribution is -2.46. The van der Waals surface area contributed by atoms with Crippen molar-refractivity contribution in [2.45, 2.75) is 31.4 Å². The molecule has 1 aliphatic carbocycles. The van der Waals surface area contributed by atoms with E-state index in [2.05, 4.69) is 10.6 Å². The highest BCUT2D eigenvalue weighted by atomic mass is 16.3. The fourth-order valence-electron chi connectivity index (χ4n) is 2.41. The predicted octanol–water partition coefficient (Wildman–Crippen LogP) is 0.908. The normalized spacial score (nSPS) is 25.7. The molecule has 1 aliphatic heterocycles. The Morgan fingerprint density at radius 3 is 3.00 bits per heavy atom. The summed E-state index contributed by atoms with van der Waals surface area (Å²) in [7, 11) is 0. The van der Waals surface area contributed by atoms with Crippen LogP contribution in [0.4, 0.5) is 5.69 Å². The molecule has 1 aromatic rings. The smallest absolute Gasteiger partial charge is 0.251 e. The molecule has 4 heteroatoms. The minimum Gasteiger partial charge on any atom is -0.393 e. The van der Waals surface area contributed by atoms with Crippen LogP contribution in [0.3, 0.4) is 0 Å². The quantitative estimate of drug-likeness (QED) is 0.710. The Labute approximate surface area is 100 Å². The second-order valence-electron chi connectivity index (χ2n) is 4.84. The minimum absolute atomic E-state index is 0.0431. The molecule has 1 fully saturated rings. The first kappa shape index (κ1) is 10.6. The molecule has 0 spiro atoms. The number of benzene rings is 1. The minimum atomic E-state index is -0.234. The van der Waals surface area contributed by atoms with Crippen LogP contribution < -0.4 is 10.6 Å². The van der Waals surface area contributed by atoms with Crippen LogP contribution >= 0.6 is 0 Å². The van der Waals surface area contributed by atoms with Crippen molar-refractivity contribution in [2.75, 3.05) is 11.9 Å². The lowest BCUT2D eigenvalue weighted by atomic mass is 9.89. The molecule has 17 heavy (non-hydrogen) atoms. The molecule has 3 N–H and O–H groups in total. The van der Waals surface area contributed by atoms with Gasteiger partial charge in [0.25, 0.3) is 5.91 Å². The molecule has 4 nitrogen and oxygen atoms in total. The Morgan fingerprint density at radius 2 is 2.24 bits per heavy atom. The highest BCUT2D eigenvalue weighted by Gasteiger charge is 2.28. The van der Waals surface area contributed by atoms with Gasteiger partial charge in [0.2, 0.25) is 0 Å². The van der Waals surface area contributed by atoms with Gasteiger partial charge in [0.15, 0.2) is 0 Å². The molecule has 2 aliphatic rings. The van der Waals surface area contributed by atoms with E-state index in [1.165, 1.54) is 5.56 Å². The summed E-state index contributed by atoms with van der Waals surface area (Å²) in [6.07, 6.45) is 2.15. The van der Waals surface area contributed by atoms with Crippen molar-refractivity contribution in [3.05, 3.63) is 29.3 Å². The van der Waals surface area contributed by atoms with E-state index in [4.69, 9.17) is 5.11 Å². The Balaban J connectivity index is 1.69. The largest absolute Gasteiger partial charge is 0.393 e. The number of rotatable bonds is 2. The maximum atomic E-state index is 11.9. The summed E-state index contributed by atoms with van der Waals surface area (Å²) in [5.41, 5.74) is 3.05. The van der Waals surface area contributed by atoms with E-state index in [9.17, 15) is 4.79 Å². The van der Waals surface area contributed by atoms with Gasteiger partial charge in [-0.15, -0.1) is 0 Å². The van der Waals surface area contributed by atoms with Crippen LogP contribution in [0.1, 0.15) is 28.8 Å². The lowest BCUT2D eigenvalue weighted by Gasteiger charge is -2.31. The first-order chi connectivity index (χ1) is 8.22. The summed E-state index contributed by atoms with van der Waals surface area (Å²) in [5, 5.41) is 15.4. The van der Waals surface area contributed by atoms with Crippen LogP contribution in [0.25, 0.3) is 0 Å². The highest BCUT2D eigenvalue weighted by molar-refractivity contribution is 5.95. The first-order valence-electron chi connectivity index (χ1n) is 6.08. The molecule has 0 unspecified atom stereocenters. The summed E-state index contributed by atoms with van der Waals surface area (Å²) in [4.78, 5) is 11.9. The Kier molecular flexibility index (Phi) is 2.52. The van der Waals surface area contributed by atoms with Gasteiger partial charge >= 0.3 is 0 Å². The van der Waals surface area contributed by atoms with E-state index in [0.717, 1.165) is 18.7 Å². The van der Waals surface area contributed by atoms with Crippen LogP contribution in [0.2, 0.25) is 0 Å². The number of aliphatic hydroxyl groups excluding tert-OH is 1. The number of nitrogens with one attached hydrogen (secondary N) is 2. The average Bonchev–Trinajstić information content (AvgIpc) is 2.73. The fourth-order valence-corrected chi connectivity index (χ4v) is 2.41. The summed E-state index contributed by atoms with van der Waals surface area (Å²) in [6.45, 7) is 0.954. The van der Waals surface area contributed by atoms with Crippen molar-refractivity contribution in [3.8, 4) is 0 Å². The van der Waals surface area contributed by atoms with Crippen molar-refractivity contribution in [3.63, 3.8) is 0 Å². The van der Waals surface area contributed by atoms with E-state index in [1.807, 2.05) is 18.2 Å². The first-order valence-corrected chi connectivity index (χ1v) is 6.08. The standard InChI is InChI=1S/C13H16N2O2/c16-11-6-10(7-11)15-13(17)9-2-1-8-3-4-14-12(8)5-9/h1-2,5,10-11,14,16H,3-4,6-7H2,(H,15,17). The van der Waals surface area contributed by atoms with Crippen LogP contribution in [-0.4, -0.2) is 29.7 Å². The Bertz CT molecular complexity index is 453. The third-order valence-corrected chi connectivity index (χ3v) is 3.53. The third kappa shape index (κ3) is 2.00. The average molecular weight is 232 g/mol. The zero-order valence-electron chi connectivity index (χ0n) is 9.57. The van der Waals surface area contributed by atoms with Crippen LogP contribution in [0.15, 0.2) is 18.2 Å². The van der Waals surface area contributed by atoms with E-state index in [-0.39, 0.29) is 18.1 Å². The van der Waals surface area contributed by atoms with Gasteiger partial charge in [-0.2, -0.15) is 0 Å². The molecule has 3 rings (SSSR count). The number of anilines is 1. The van der Waals surface area contributed by atoms with Gasteiger partial charge < -0.3 is 15.7 Å². The zero-order valence-corrected chi connectivity index (χ0v) is 9.57. The van der Waals surface area contributed by atoms with Gasteiger partial charge in [0.1, 0.15) is 0 Å². The third-order valence-electron chi connectivity index (χ3n) is 3.53. The predicted molar refractivity (Wildman–Crippen MR) is 65.1 cm³/mol. The number of hydrogen-bond acceptors (Lipinski definition) is 3. The zero-order chi connectivity index (χ0) is 11.8. The van der Waals surface area contributed by atoms with Gasteiger partial charge in [-0.1, -0.05) is 6.07 Å². The molecule has 0 atom stereocenters. The molecule has 1 amide bonds. The van der Waals surface area contributed by atoms with E-state index in [0.29, 0.717) is 18.4 Å². The Morgan fingerprint density at radius 1 is 1.41 bits per heavy atom. The Hall–Kier alpha value is -1.55. The molecular weight excluding hydrogens is 216 g/mol. The van der Waals surface area contributed by atoms with Gasteiger partial charge in [0, 0.05) is 23.8 Å². The van der Waals surface area contributed by atoms with Crippen LogP contribution in [-0.2, 0) is 6.42 Å². The summed E-state index contributed by atoms with van der Waals surface area (Å²) in [6, 6.07) is 5.93. The number of carbonyl (C=O) groups excluding carboxylic acids is 1. The number of aliphatic hydroxyl groups is 1. The van der Waals surface area contributed by atoms with Crippen molar-refractivity contribution in [2.24, 2.45) is 0 Å². The van der Waals surface area contributed by atoms with Gasteiger partial charge in [-0.3, -0.25) is 4.79 Å². The summed E-state index contributed by atoms with van der Waals surface area (Å²) < 4.78 is 0. The second-order valence-corrected chi connectivity index (χ2v) is 4.84. The molecule has 0 aromatic heterocycles. The summed E-state index contributed by atoms with van der Waals surface area (Å²) in [5.74, 6) is -0.0431. The van der Waals surface area contributed by atoms with Gasteiger partial charge in [-0.05, 0) is 37.0 Å². The van der Waals surface area contributed by atoms with E-state index in [1.54, 1.807) is 0 Å². The van der Waals surface area contributed by atoms with Crippen molar-refractivity contribution >= 4 is 11.6 Å². The topological polar surface area (TPSA) is 61.4 Å². The van der Waals surface area contributed by atoms with Gasteiger partial charge in [0.05, 0.1) is 6.10 Å². The number of hydrogen-bond donors (Lipinski definition) is 3. The van der Waals surface area contributed by atoms with Crippen molar-refractivity contribution < 1.29 is 9.90 Å². The molecular formula is C13H16N2O2. The highest BCUT2D eigenvalue weighted by Crippen LogP contribution is 2.24. The van der Waals surface area contributed by atoms with Crippen LogP contribution in [0, 0.1) is 0 Å². The molecule has 0 radical (unpaired) electrons. The molecule has 0 bridgehead atoms. The van der Waals surface area contributed by atoms with Crippen molar-refractivity contribution in [1.29, 1.82) is 0 Å².